The van der Waals surface area contributed by atoms with E-state index in [1.165, 1.54) is 96.3 Å². The van der Waals surface area contributed by atoms with Crippen molar-refractivity contribution in [3.05, 3.63) is 30.6 Å². The number of primary amides is 1. The molecule has 0 saturated carbocycles. The molecule has 0 fully saturated rings. The quantitative estimate of drug-likeness (QED) is 0.160. The number of hydrogen-bond donors (Lipinski definition) is 3. The van der Waals surface area contributed by atoms with Crippen LogP contribution < -0.4 is 28.4 Å². The molecule has 0 aliphatic carbocycles. The number of carbonyl (C=O) groups is 1. The van der Waals surface area contributed by atoms with Crippen molar-refractivity contribution in [1.82, 2.24) is 0 Å². The number of unbranched alkanes of at least 4 members (excludes halogenated alkanes) is 15. The Morgan fingerprint density at radius 1 is 0.758 bits per heavy atom. The topological polar surface area (TPSA) is 93.2 Å². The summed E-state index contributed by atoms with van der Waals surface area (Å²) in [5.74, 6) is -0.323. The summed E-state index contributed by atoms with van der Waals surface area (Å²) in [6.07, 6.45) is 26.4. The van der Waals surface area contributed by atoms with Crippen LogP contribution in [0, 0.1) is 0 Å². The number of rotatable bonds is 19. The lowest BCUT2D eigenvalue weighted by Crippen LogP contribution is -3.00. The van der Waals surface area contributed by atoms with Gasteiger partial charge < -0.3 is 29.0 Å². The minimum Gasteiger partial charge on any atom is -1.00 e. The fourth-order valence-corrected chi connectivity index (χ4v) is 3.75. The third-order valence-electron chi connectivity index (χ3n) is 5.65. The van der Waals surface area contributed by atoms with Crippen molar-refractivity contribution in [3.63, 3.8) is 0 Å². The van der Waals surface area contributed by atoms with Gasteiger partial charge >= 0.3 is 0 Å². The summed E-state index contributed by atoms with van der Waals surface area (Å²) >= 11 is 0. The Morgan fingerprint density at radius 2 is 1.12 bits per heavy atom. The molecule has 0 saturated heterocycles. The van der Waals surface area contributed by atoms with Gasteiger partial charge in [-0.15, -0.1) is 0 Å². The zero-order chi connectivity index (χ0) is 23.9. The van der Waals surface area contributed by atoms with E-state index in [-0.39, 0.29) is 24.9 Å². The molecule has 1 aromatic heterocycles. The average Bonchev–Trinajstić information content (AvgIpc) is 2.73. The molecule has 33 heavy (non-hydrogen) atoms. The van der Waals surface area contributed by atoms with E-state index in [0.29, 0.717) is 0 Å². The highest BCUT2D eigenvalue weighted by atomic mass is 35.5. The van der Waals surface area contributed by atoms with Crippen molar-refractivity contribution in [2.45, 2.75) is 135 Å². The lowest BCUT2D eigenvalue weighted by atomic mass is 10.0. The molecule has 0 spiro atoms. The van der Waals surface area contributed by atoms with Crippen molar-refractivity contribution in [2.75, 3.05) is 0 Å². The molecule has 0 aliphatic heterocycles. The molecule has 1 heterocycles. The van der Waals surface area contributed by atoms with Crippen LogP contribution in [-0.2, 0) is 11.3 Å². The van der Waals surface area contributed by atoms with E-state index in [9.17, 15) is 9.90 Å². The van der Waals surface area contributed by atoms with Gasteiger partial charge in [0.1, 0.15) is 5.72 Å². The van der Waals surface area contributed by atoms with E-state index in [4.69, 9.17) is 11.5 Å². The molecule has 1 unspecified atom stereocenters. The first-order valence-corrected chi connectivity index (χ1v) is 13.1. The zero-order valence-electron chi connectivity index (χ0n) is 21.5. The van der Waals surface area contributed by atoms with Crippen LogP contribution in [0.2, 0.25) is 0 Å². The van der Waals surface area contributed by atoms with Crippen molar-refractivity contribution >= 4 is 5.91 Å². The van der Waals surface area contributed by atoms with Gasteiger partial charge in [0.2, 0.25) is 6.54 Å². The fourth-order valence-electron chi connectivity index (χ4n) is 3.75. The molecule has 0 bridgehead atoms. The molecule has 0 aliphatic rings. The molecule has 1 rings (SSSR count). The Labute approximate surface area is 210 Å². The molecular formula is C27H52ClN3O2. The van der Waals surface area contributed by atoms with Crippen LogP contribution in [-0.4, -0.2) is 16.7 Å². The third kappa shape index (κ3) is 28.8. The van der Waals surface area contributed by atoms with Crippen molar-refractivity contribution in [3.8, 4) is 0 Å². The SMILES string of the molecule is CCCCCCCCCCCCCCCCCCC(C)(N)O.NC(=O)C[n+]1ccccc1.[Cl-]. The summed E-state index contributed by atoms with van der Waals surface area (Å²) in [4.78, 5) is 10.4. The molecule has 6 heteroatoms. The molecule has 1 atom stereocenters. The number of hydrogen-bond acceptors (Lipinski definition) is 3. The first-order valence-electron chi connectivity index (χ1n) is 13.1. The van der Waals surface area contributed by atoms with E-state index in [1.54, 1.807) is 23.9 Å². The molecule has 5 nitrogen and oxygen atoms in total. The normalized spacial score (nSPS) is 12.2. The van der Waals surface area contributed by atoms with E-state index in [0.717, 1.165) is 12.8 Å². The highest BCUT2D eigenvalue weighted by Gasteiger charge is 2.11. The number of nitrogens with zero attached hydrogens (tertiary/aromatic N) is 1. The molecule has 1 aromatic rings. The predicted molar refractivity (Wildman–Crippen MR) is 135 cm³/mol. The summed E-state index contributed by atoms with van der Waals surface area (Å²) in [6, 6.07) is 5.59. The zero-order valence-corrected chi connectivity index (χ0v) is 22.2. The Morgan fingerprint density at radius 3 is 1.45 bits per heavy atom. The average molecular weight is 486 g/mol. The molecule has 194 valence electrons. The van der Waals surface area contributed by atoms with Crippen LogP contribution in [0.5, 0.6) is 0 Å². The van der Waals surface area contributed by atoms with Gasteiger partial charge in [-0.2, -0.15) is 4.57 Å². The molecular weight excluding hydrogens is 434 g/mol. The maximum atomic E-state index is 10.4. The summed E-state index contributed by atoms with van der Waals surface area (Å²) in [7, 11) is 0. The maximum absolute atomic E-state index is 10.4. The molecule has 0 aromatic carbocycles. The number of carbonyl (C=O) groups excluding carboxylic acids is 1. The van der Waals surface area contributed by atoms with Gasteiger partial charge in [0.05, 0.1) is 0 Å². The van der Waals surface area contributed by atoms with Gasteiger partial charge in [0.25, 0.3) is 5.91 Å². The van der Waals surface area contributed by atoms with Crippen LogP contribution >= 0.6 is 0 Å². The van der Waals surface area contributed by atoms with Gasteiger partial charge in [-0.1, -0.05) is 109 Å². The Bertz CT molecular complexity index is 536. The van der Waals surface area contributed by atoms with Crippen molar-refractivity contribution in [1.29, 1.82) is 0 Å². The minimum absolute atomic E-state index is 0. The van der Waals surface area contributed by atoms with Crippen molar-refractivity contribution < 1.29 is 26.9 Å². The highest BCUT2D eigenvalue weighted by Crippen LogP contribution is 2.15. The molecule has 0 radical (unpaired) electrons. The number of nitrogens with two attached hydrogens (primary N) is 2. The Balaban J connectivity index is 0. The largest absolute Gasteiger partial charge is 1.00 e. The predicted octanol–water partition coefficient (Wildman–Crippen LogP) is 2.77. The van der Waals surface area contributed by atoms with Gasteiger partial charge in [-0.3, -0.25) is 4.79 Å². The number of pyridine rings is 1. The molecule has 1 amide bonds. The van der Waals surface area contributed by atoms with Crippen LogP contribution in [0.25, 0.3) is 0 Å². The van der Waals surface area contributed by atoms with E-state index in [2.05, 4.69) is 6.92 Å². The lowest BCUT2D eigenvalue weighted by molar-refractivity contribution is -0.684. The number of aliphatic hydroxyl groups is 1. The standard InChI is InChI=1S/C20H43NO.C7H8N2O.ClH/c1-3-4-5-6-7-8-9-10-11-12-13-14-15-16-17-18-19-20(2,21)22;8-7(10)6-9-4-2-1-3-5-9;/h22H,3-19,21H2,1-2H3;1-5H,6H2,(H-,8,10);1H. The van der Waals surface area contributed by atoms with E-state index >= 15 is 0 Å². The Hall–Kier alpha value is -1.17. The summed E-state index contributed by atoms with van der Waals surface area (Å²) in [5.41, 5.74) is 9.55. The number of amides is 1. The maximum Gasteiger partial charge on any atom is 0.283 e. The van der Waals surface area contributed by atoms with Gasteiger partial charge in [0.15, 0.2) is 12.4 Å². The van der Waals surface area contributed by atoms with Gasteiger partial charge in [-0.25, -0.2) is 0 Å². The van der Waals surface area contributed by atoms with Crippen LogP contribution in [0.1, 0.15) is 123 Å². The van der Waals surface area contributed by atoms with Gasteiger partial charge in [-0.05, 0) is 19.8 Å². The first kappa shape index (κ1) is 34.0. The lowest BCUT2D eigenvalue weighted by Gasteiger charge is -2.16. The van der Waals surface area contributed by atoms with E-state index < -0.39 is 5.72 Å². The Kier molecular flexibility index (Phi) is 24.7. The van der Waals surface area contributed by atoms with Crippen LogP contribution in [0.4, 0.5) is 0 Å². The number of halogens is 1. The second kappa shape index (κ2) is 24.0. The van der Waals surface area contributed by atoms with Gasteiger partial charge in [0, 0.05) is 12.1 Å². The number of aromatic nitrogens is 1. The fraction of sp³-hybridized carbons (Fsp3) is 0.778. The second-order valence-corrected chi connectivity index (χ2v) is 9.42. The van der Waals surface area contributed by atoms with Crippen LogP contribution in [0.15, 0.2) is 30.6 Å². The van der Waals surface area contributed by atoms with E-state index in [1.807, 2.05) is 18.2 Å². The monoisotopic (exact) mass is 485 g/mol. The van der Waals surface area contributed by atoms with Crippen LogP contribution in [0.3, 0.4) is 0 Å². The molecule has 5 N–H and O–H groups in total. The van der Waals surface area contributed by atoms with Crippen molar-refractivity contribution in [2.24, 2.45) is 11.5 Å². The first-order chi connectivity index (χ1) is 15.3. The summed E-state index contributed by atoms with van der Waals surface area (Å²) in [6.45, 7) is 4.23. The highest BCUT2D eigenvalue weighted by molar-refractivity contribution is 5.72. The third-order valence-corrected chi connectivity index (χ3v) is 5.65. The minimum atomic E-state index is -0.962. The second-order valence-electron chi connectivity index (χ2n) is 9.42. The summed E-state index contributed by atoms with van der Waals surface area (Å²) in [5, 5.41) is 9.41. The smallest absolute Gasteiger partial charge is 0.283 e. The summed E-state index contributed by atoms with van der Waals surface area (Å²) < 4.78 is 1.72.